The van der Waals surface area contributed by atoms with Crippen LogP contribution in [0.1, 0.15) is 6.42 Å². The Morgan fingerprint density at radius 2 is 2.15 bits per heavy atom. The molecular weight excluding hydrogens is 339 g/mol. The van der Waals surface area contributed by atoms with Crippen LogP contribution in [0.25, 0.3) is 0 Å². The second-order valence-corrected chi connectivity index (χ2v) is 5.28. The molecule has 0 radical (unpaired) electrons. The summed E-state index contributed by atoms with van der Waals surface area (Å²) in [6, 6.07) is 4.18. The molecule has 1 atom stereocenters. The molecule has 1 fully saturated rings. The van der Waals surface area contributed by atoms with Crippen molar-refractivity contribution in [3.63, 3.8) is 0 Å². The van der Waals surface area contributed by atoms with Gasteiger partial charge in [0.05, 0.1) is 5.69 Å². The first kappa shape index (κ1) is 14.9. The maximum atomic E-state index is 12.4. The summed E-state index contributed by atoms with van der Waals surface area (Å²) in [6.07, 6.45) is -2.94. The highest BCUT2D eigenvalue weighted by molar-refractivity contribution is 9.10. The fraction of sp³-hybridized carbons (Fsp3) is 0.308. The lowest BCUT2D eigenvalue weighted by Crippen LogP contribution is -2.26. The first-order chi connectivity index (χ1) is 9.30. The Bertz CT molecular complexity index is 545. The Morgan fingerprint density at radius 3 is 2.70 bits per heavy atom. The van der Waals surface area contributed by atoms with Gasteiger partial charge in [-0.2, -0.15) is 0 Å². The minimum absolute atomic E-state index is 0.0649. The molecule has 1 aliphatic heterocycles. The molecule has 0 spiro atoms. The van der Waals surface area contributed by atoms with Gasteiger partial charge in [-0.1, -0.05) is 22.0 Å². The number of hydrogen-bond acceptors (Lipinski definition) is 2. The third-order valence-electron chi connectivity index (χ3n) is 2.93. The van der Waals surface area contributed by atoms with Crippen LogP contribution >= 0.6 is 15.9 Å². The second-order valence-electron chi connectivity index (χ2n) is 4.36. The van der Waals surface area contributed by atoms with Gasteiger partial charge in [-0.05, 0) is 18.2 Å². The molecular formula is C13H11BrF3NO2. The molecule has 0 aliphatic carbocycles. The summed E-state index contributed by atoms with van der Waals surface area (Å²) in [6.45, 7) is 3.91. The minimum Gasteiger partial charge on any atom is -0.404 e. The average molecular weight is 350 g/mol. The van der Waals surface area contributed by atoms with E-state index in [1.807, 2.05) is 0 Å². The van der Waals surface area contributed by atoms with Crippen molar-refractivity contribution < 1.29 is 22.7 Å². The minimum atomic E-state index is -4.81. The van der Waals surface area contributed by atoms with Crippen LogP contribution < -0.4 is 9.64 Å². The molecule has 0 saturated carbocycles. The van der Waals surface area contributed by atoms with E-state index in [0.29, 0.717) is 11.0 Å². The van der Waals surface area contributed by atoms with Crippen LogP contribution in [0.4, 0.5) is 18.9 Å². The van der Waals surface area contributed by atoms with E-state index in [9.17, 15) is 18.0 Å². The van der Waals surface area contributed by atoms with Crippen LogP contribution in [-0.2, 0) is 4.79 Å². The lowest BCUT2D eigenvalue weighted by Gasteiger charge is -2.21. The van der Waals surface area contributed by atoms with E-state index in [0.717, 1.165) is 0 Å². The fourth-order valence-electron chi connectivity index (χ4n) is 2.04. The van der Waals surface area contributed by atoms with E-state index in [-0.39, 0.29) is 23.9 Å². The van der Waals surface area contributed by atoms with Crippen molar-refractivity contribution in [2.45, 2.75) is 12.8 Å². The number of halogens is 4. The van der Waals surface area contributed by atoms with E-state index < -0.39 is 12.1 Å². The van der Waals surface area contributed by atoms with Gasteiger partial charge in [-0.3, -0.25) is 4.79 Å². The molecule has 20 heavy (non-hydrogen) atoms. The lowest BCUT2D eigenvalue weighted by atomic mass is 10.1. The zero-order valence-electron chi connectivity index (χ0n) is 10.3. The summed E-state index contributed by atoms with van der Waals surface area (Å²) in [5.74, 6) is -0.709. The van der Waals surface area contributed by atoms with Gasteiger partial charge >= 0.3 is 6.36 Å². The van der Waals surface area contributed by atoms with Gasteiger partial charge in [0, 0.05) is 23.4 Å². The van der Waals surface area contributed by atoms with Crippen molar-refractivity contribution in [2.75, 3.05) is 11.4 Å². The van der Waals surface area contributed by atoms with Gasteiger partial charge in [0.2, 0.25) is 5.91 Å². The highest BCUT2D eigenvalue weighted by Crippen LogP contribution is 2.38. The molecule has 108 valence electrons. The Balaban J connectivity index is 2.36. The van der Waals surface area contributed by atoms with Gasteiger partial charge in [0.1, 0.15) is 0 Å². The zero-order valence-corrected chi connectivity index (χ0v) is 11.9. The number of carbonyl (C=O) groups is 1. The number of carbonyl (C=O) groups excluding carboxylic acids is 1. The van der Waals surface area contributed by atoms with Crippen LogP contribution in [0.15, 0.2) is 35.3 Å². The van der Waals surface area contributed by atoms with Crippen molar-refractivity contribution in [3.05, 3.63) is 35.3 Å². The van der Waals surface area contributed by atoms with Crippen LogP contribution in [0.5, 0.6) is 5.75 Å². The standard InChI is InChI=1S/C13H11BrF3NO2/c1-2-8-5-12(19)18(7-8)10-4-3-9(14)6-11(10)20-13(15,16)17/h2-4,6,8H,1,5,7H2. The fourth-order valence-corrected chi connectivity index (χ4v) is 2.38. The molecule has 0 bridgehead atoms. The molecule has 0 N–H and O–H groups in total. The first-order valence-electron chi connectivity index (χ1n) is 5.78. The van der Waals surface area contributed by atoms with Gasteiger partial charge in [-0.15, -0.1) is 19.8 Å². The Morgan fingerprint density at radius 1 is 1.45 bits per heavy atom. The topological polar surface area (TPSA) is 29.5 Å². The Hall–Kier alpha value is -1.50. The summed E-state index contributed by atoms with van der Waals surface area (Å²) >= 11 is 3.09. The van der Waals surface area contributed by atoms with Crippen molar-refractivity contribution in [1.29, 1.82) is 0 Å². The summed E-state index contributed by atoms with van der Waals surface area (Å²) in [4.78, 5) is 13.2. The van der Waals surface area contributed by atoms with Crippen LogP contribution in [0, 0.1) is 5.92 Å². The predicted octanol–water partition coefficient (Wildman–Crippen LogP) is 3.89. The number of amides is 1. The van der Waals surface area contributed by atoms with E-state index in [4.69, 9.17) is 0 Å². The Labute approximate surface area is 122 Å². The number of rotatable bonds is 3. The SMILES string of the molecule is C=CC1CC(=O)N(c2ccc(Br)cc2OC(F)(F)F)C1. The highest BCUT2D eigenvalue weighted by atomic mass is 79.9. The number of nitrogens with zero attached hydrogens (tertiary/aromatic N) is 1. The maximum Gasteiger partial charge on any atom is 0.573 e. The van der Waals surface area contributed by atoms with Crippen LogP contribution in [0.2, 0.25) is 0 Å². The quantitative estimate of drug-likeness (QED) is 0.775. The highest BCUT2D eigenvalue weighted by Gasteiger charge is 2.35. The number of ether oxygens (including phenoxy) is 1. The monoisotopic (exact) mass is 349 g/mol. The molecule has 1 amide bonds. The van der Waals surface area contributed by atoms with E-state index in [1.54, 1.807) is 12.1 Å². The molecule has 1 saturated heterocycles. The molecule has 0 aromatic heterocycles. The molecule has 2 rings (SSSR count). The van der Waals surface area contributed by atoms with E-state index in [2.05, 4.69) is 27.2 Å². The molecule has 3 nitrogen and oxygen atoms in total. The van der Waals surface area contributed by atoms with Crippen LogP contribution in [-0.4, -0.2) is 18.8 Å². The lowest BCUT2D eigenvalue weighted by molar-refractivity contribution is -0.274. The van der Waals surface area contributed by atoms with Gasteiger partial charge < -0.3 is 9.64 Å². The number of alkyl halides is 3. The Kier molecular flexibility index (Phi) is 4.08. The molecule has 1 aliphatic rings. The predicted molar refractivity (Wildman–Crippen MR) is 71.5 cm³/mol. The number of hydrogen-bond donors (Lipinski definition) is 0. The molecule has 1 unspecified atom stereocenters. The first-order valence-corrected chi connectivity index (χ1v) is 6.57. The van der Waals surface area contributed by atoms with Crippen molar-refractivity contribution >= 4 is 27.5 Å². The van der Waals surface area contributed by atoms with E-state index in [1.165, 1.54) is 17.0 Å². The van der Waals surface area contributed by atoms with Gasteiger partial charge in [0.25, 0.3) is 0 Å². The molecule has 1 aromatic rings. The summed E-state index contributed by atoms with van der Waals surface area (Å²) in [5, 5.41) is 0. The smallest absolute Gasteiger partial charge is 0.404 e. The summed E-state index contributed by atoms with van der Waals surface area (Å²) < 4.78 is 41.7. The molecule has 7 heteroatoms. The normalized spacial score (nSPS) is 19.3. The third-order valence-corrected chi connectivity index (χ3v) is 3.42. The van der Waals surface area contributed by atoms with Gasteiger partial charge in [0.15, 0.2) is 5.75 Å². The summed E-state index contributed by atoms with van der Waals surface area (Å²) in [7, 11) is 0. The molecule has 1 aromatic carbocycles. The largest absolute Gasteiger partial charge is 0.573 e. The van der Waals surface area contributed by atoms with Crippen molar-refractivity contribution in [1.82, 2.24) is 0 Å². The maximum absolute atomic E-state index is 12.4. The molecule has 1 heterocycles. The third kappa shape index (κ3) is 3.33. The van der Waals surface area contributed by atoms with Gasteiger partial charge in [-0.25, -0.2) is 0 Å². The second kappa shape index (κ2) is 5.47. The zero-order chi connectivity index (χ0) is 14.9. The average Bonchev–Trinajstić information content (AvgIpc) is 2.69. The van der Waals surface area contributed by atoms with Crippen molar-refractivity contribution in [2.24, 2.45) is 5.92 Å². The number of anilines is 1. The van der Waals surface area contributed by atoms with E-state index >= 15 is 0 Å². The van der Waals surface area contributed by atoms with Crippen LogP contribution in [0.3, 0.4) is 0 Å². The number of benzene rings is 1. The van der Waals surface area contributed by atoms with Crippen molar-refractivity contribution in [3.8, 4) is 5.75 Å². The summed E-state index contributed by atoms with van der Waals surface area (Å²) in [5.41, 5.74) is 0.111.